The highest BCUT2D eigenvalue weighted by molar-refractivity contribution is 5.70. The van der Waals surface area contributed by atoms with Gasteiger partial charge in [-0.3, -0.25) is 4.79 Å². The van der Waals surface area contributed by atoms with Gasteiger partial charge in [0, 0.05) is 0 Å². The Balaban J connectivity index is 3.69. The van der Waals surface area contributed by atoms with Gasteiger partial charge in [-0.2, -0.15) is 0 Å². The molecule has 0 aromatic heterocycles. The third kappa shape index (κ3) is 2.82. The van der Waals surface area contributed by atoms with Gasteiger partial charge >= 0.3 is 5.97 Å². The molecule has 0 aliphatic rings. The van der Waals surface area contributed by atoms with Crippen LogP contribution >= 0.6 is 0 Å². The van der Waals surface area contributed by atoms with E-state index < -0.39 is 18.0 Å². The summed E-state index contributed by atoms with van der Waals surface area (Å²) >= 11 is 0. The maximum atomic E-state index is 10.3. The van der Waals surface area contributed by atoms with Crippen molar-refractivity contribution in [2.45, 2.75) is 32.8 Å². The van der Waals surface area contributed by atoms with E-state index in [1.807, 2.05) is 6.92 Å². The van der Waals surface area contributed by atoms with E-state index in [0.717, 1.165) is 6.42 Å². The number of carbonyl (C=O) groups is 1. The molecule has 0 aromatic carbocycles. The van der Waals surface area contributed by atoms with Crippen molar-refractivity contribution in [3.63, 3.8) is 0 Å². The highest BCUT2D eigenvalue weighted by Crippen LogP contribution is 2.08. The lowest BCUT2D eigenvalue weighted by atomic mass is 10.0. The lowest BCUT2D eigenvalue weighted by Crippen LogP contribution is -2.24. The summed E-state index contributed by atoms with van der Waals surface area (Å²) in [5.41, 5.74) is 0. The van der Waals surface area contributed by atoms with E-state index in [2.05, 4.69) is 0 Å². The summed E-state index contributed by atoms with van der Waals surface area (Å²) in [5.74, 6) is -1.57. The third-order valence-electron chi connectivity index (χ3n) is 1.55. The Bertz CT molecular complexity index is 111. The fraction of sp³-hybridized carbons (Fsp3) is 0.857. The fourth-order valence-corrected chi connectivity index (χ4v) is 0.710. The number of rotatable bonds is 4. The minimum Gasteiger partial charge on any atom is -0.481 e. The van der Waals surface area contributed by atoms with Crippen LogP contribution in [-0.2, 0) is 4.79 Å². The summed E-state index contributed by atoms with van der Waals surface area (Å²) in [6.45, 7) is 3.43. The summed E-state index contributed by atoms with van der Waals surface area (Å²) in [7, 11) is 0. The van der Waals surface area contributed by atoms with Gasteiger partial charge in [0.1, 0.15) is 0 Å². The van der Waals surface area contributed by atoms with Crippen LogP contribution in [0.5, 0.6) is 0 Å². The first-order valence-corrected chi connectivity index (χ1v) is 3.50. The molecule has 0 radical (unpaired) electrons. The zero-order chi connectivity index (χ0) is 8.15. The van der Waals surface area contributed by atoms with E-state index in [4.69, 9.17) is 10.2 Å². The van der Waals surface area contributed by atoms with Gasteiger partial charge in [-0.05, 0) is 13.3 Å². The Kier molecular flexibility index (Phi) is 4.03. The van der Waals surface area contributed by atoms with Gasteiger partial charge in [0.2, 0.25) is 0 Å². The summed E-state index contributed by atoms with van der Waals surface area (Å²) in [6.07, 6.45) is 0.689. The van der Waals surface area contributed by atoms with Crippen LogP contribution in [0.2, 0.25) is 0 Å². The average Bonchev–Trinajstić information content (AvgIpc) is 1.87. The Labute approximate surface area is 60.7 Å². The van der Waals surface area contributed by atoms with Crippen molar-refractivity contribution in [1.29, 1.82) is 0 Å². The Morgan fingerprint density at radius 3 is 2.40 bits per heavy atom. The van der Waals surface area contributed by atoms with Crippen LogP contribution in [0.25, 0.3) is 0 Å². The van der Waals surface area contributed by atoms with Crippen LogP contribution < -0.4 is 0 Å². The van der Waals surface area contributed by atoms with Crippen molar-refractivity contribution < 1.29 is 15.0 Å². The topological polar surface area (TPSA) is 57.5 Å². The molecule has 2 N–H and O–H groups in total. The molecule has 0 fully saturated rings. The molecule has 0 heterocycles. The van der Waals surface area contributed by atoms with E-state index in [0.29, 0.717) is 6.42 Å². The van der Waals surface area contributed by atoms with Gasteiger partial charge in [0.15, 0.2) is 0 Å². The standard InChI is InChI=1S/C7H14O3/c1-3-4-6(8)5(2)7(9)10/h5-6,8H,3-4H2,1-2H3,(H,9,10)/t5-,6-/m0/s1. The van der Waals surface area contributed by atoms with Crippen molar-refractivity contribution in [1.82, 2.24) is 0 Å². The van der Waals surface area contributed by atoms with Gasteiger partial charge in [-0.1, -0.05) is 13.3 Å². The molecule has 0 unspecified atom stereocenters. The van der Waals surface area contributed by atoms with Crippen molar-refractivity contribution in [3.05, 3.63) is 0 Å². The number of hydrogen-bond acceptors (Lipinski definition) is 2. The lowest BCUT2D eigenvalue weighted by Gasteiger charge is -2.12. The van der Waals surface area contributed by atoms with E-state index in [9.17, 15) is 4.79 Å². The van der Waals surface area contributed by atoms with Crippen molar-refractivity contribution >= 4 is 5.97 Å². The summed E-state index contributed by atoms with van der Waals surface area (Å²) < 4.78 is 0. The van der Waals surface area contributed by atoms with E-state index in [-0.39, 0.29) is 0 Å². The van der Waals surface area contributed by atoms with Gasteiger partial charge < -0.3 is 10.2 Å². The molecule has 0 bridgehead atoms. The van der Waals surface area contributed by atoms with Crippen molar-refractivity contribution in [3.8, 4) is 0 Å². The Hall–Kier alpha value is -0.570. The maximum absolute atomic E-state index is 10.3. The maximum Gasteiger partial charge on any atom is 0.308 e. The predicted molar refractivity (Wildman–Crippen MR) is 37.7 cm³/mol. The molecule has 0 spiro atoms. The van der Waals surface area contributed by atoms with Gasteiger partial charge in [-0.15, -0.1) is 0 Å². The first kappa shape index (κ1) is 9.43. The minimum atomic E-state index is -0.930. The molecule has 60 valence electrons. The van der Waals surface area contributed by atoms with Crippen LogP contribution in [0, 0.1) is 5.92 Å². The second-order valence-electron chi connectivity index (χ2n) is 2.48. The second-order valence-corrected chi connectivity index (χ2v) is 2.48. The van der Waals surface area contributed by atoms with Crippen molar-refractivity contribution in [2.75, 3.05) is 0 Å². The quantitative estimate of drug-likeness (QED) is 0.618. The highest BCUT2D eigenvalue weighted by Gasteiger charge is 2.19. The number of hydrogen-bond donors (Lipinski definition) is 2. The van der Waals surface area contributed by atoms with E-state index in [1.54, 1.807) is 0 Å². The fourth-order valence-electron chi connectivity index (χ4n) is 0.710. The number of aliphatic hydroxyl groups excluding tert-OH is 1. The van der Waals surface area contributed by atoms with E-state index in [1.165, 1.54) is 6.92 Å². The lowest BCUT2D eigenvalue weighted by molar-refractivity contribution is -0.144. The smallest absolute Gasteiger partial charge is 0.308 e. The van der Waals surface area contributed by atoms with Crippen molar-refractivity contribution in [2.24, 2.45) is 5.92 Å². The molecule has 10 heavy (non-hydrogen) atoms. The summed E-state index contributed by atoms with van der Waals surface area (Å²) in [4.78, 5) is 10.3. The molecule has 0 aliphatic heterocycles. The molecule has 0 rings (SSSR count). The average molecular weight is 146 g/mol. The molecule has 0 amide bonds. The molecule has 0 saturated heterocycles. The Morgan fingerprint density at radius 2 is 2.10 bits per heavy atom. The largest absolute Gasteiger partial charge is 0.481 e. The SMILES string of the molecule is CCC[C@H](O)[C@H](C)C(=O)O. The van der Waals surface area contributed by atoms with Crippen LogP contribution in [0.3, 0.4) is 0 Å². The van der Waals surface area contributed by atoms with Crippen LogP contribution in [-0.4, -0.2) is 22.3 Å². The molecule has 3 heteroatoms. The van der Waals surface area contributed by atoms with Crippen LogP contribution in [0.4, 0.5) is 0 Å². The molecule has 2 atom stereocenters. The predicted octanol–water partition coefficient (Wildman–Crippen LogP) is 0.868. The highest BCUT2D eigenvalue weighted by atomic mass is 16.4. The normalized spacial score (nSPS) is 16.3. The molecule has 0 aliphatic carbocycles. The monoisotopic (exact) mass is 146 g/mol. The number of carboxylic acid groups (broad SMARTS) is 1. The molecular weight excluding hydrogens is 132 g/mol. The van der Waals surface area contributed by atoms with Crippen LogP contribution in [0.1, 0.15) is 26.7 Å². The van der Waals surface area contributed by atoms with Gasteiger partial charge in [0.05, 0.1) is 12.0 Å². The molecule has 0 saturated carbocycles. The Morgan fingerprint density at radius 1 is 1.60 bits per heavy atom. The van der Waals surface area contributed by atoms with Gasteiger partial charge in [-0.25, -0.2) is 0 Å². The van der Waals surface area contributed by atoms with E-state index >= 15 is 0 Å². The van der Waals surface area contributed by atoms with Crippen LogP contribution in [0.15, 0.2) is 0 Å². The molecular formula is C7H14O3. The first-order chi connectivity index (χ1) is 4.59. The second kappa shape index (κ2) is 4.28. The van der Waals surface area contributed by atoms with Gasteiger partial charge in [0.25, 0.3) is 0 Å². The number of aliphatic hydroxyl groups is 1. The zero-order valence-corrected chi connectivity index (χ0v) is 6.37. The number of aliphatic carboxylic acids is 1. The number of carboxylic acids is 1. The summed E-state index contributed by atoms with van der Waals surface area (Å²) in [6, 6.07) is 0. The summed E-state index contributed by atoms with van der Waals surface area (Å²) in [5, 5.41) is 17.5. The molecule has 3 nitrogen and oxygen atoms in total. The zero-order valence-electron chi connectivity index (χ0n) is 6.37. The minimum absolute atomic E-state index is 0.563. The third-order valence-corrected chi connectivity index (χ3v) is 1.55. The molecule has 0 aromatic rings. The first-order valence-electron chi connectivity index (χ1n) is 3.50.